The highest BCUT2D eigenvalue weighted by atomic mass is 79.9. The summed E-state index contributed by atoms with van der Waals surface area (Å²) >= 11 is 3.45. The summed E-state index contributed by atoms with van der Waals surface area (Å²) in [6, 6.07) is 1.56. The number of rotatable bonds is 4. The number of nitrogens with one attached hydrogen (secondary N) is 1. The molecule has 1 amide bonds. The van der Waals surface area contributed by atoms with Crippen LogP contribution in [0, 0.1) is 5.41 Å². The molecule has 76 valence electrons. The van der Waals surface area contributed by atoms with Gasteiger partial charge in [-0.1, -0.05) is 21.1 Å². The van der Waals surface area contributed by atoms with Crippen LogP contribution in [0.1, 0.15) is 23.3 Å². The number of alkyl halides is 1. The second-order valence-corrected chi connectivity index (χ2v) is 4.26. The van der Waals surface area contributed by atoms with Crippen LogP contribution in [0.2, 0.25) is 0 Å². The summed E-state index contributed by atoms with van der Waals surface area (Å²) in [7, 11) is 0. The third-order valence-electron chi connectivity index (χ3n) is 2.53. The number of halogens is 1. The van der Waals surface area contributed by atoms with E-state index in [2.05, 4.69) is 30.9 Å². The van der Waals surface area contributed by atoms with Crippen molar-refractivity contribution in [1.29, 1.82) is 0 Å². The molecule has 14 heavy (non-hydrogen) atoms. The minimum Gasteiger partial charge on any atom is -0.364 e. The second kappa shape index (κ2) is 3.73. The molecule has 5 heteroatoms. The molecule has 0 atom stereocenters. The first-order chi connectivity index (χ1) is 6.76. The van der Waals surface area contributed by atoms with Crippen molar-refractivity contribution in [2.45, 2.75) is 12.8 Å². The van der Waals surface area contributed by atoms with Gasteiger partial charge in [0.05, 0.1) is 0 Å². The Morgan fingerprint density at radius 3 is 3.00 bits per heavy atom. The first-order valence-electron chi connectivity index (χ1n) is 4.50. The van der Waals surface area contributed by atoms with Crippen LogP contribution in [-0.4, -0.2) is 22.9 Å². The number of hydrogen-bond donors (Lipinski definition) is 1. The Labute approximate surface area is 90.2 Å². The van der Waals surface area contributed by atoms with Crippen molar-refractivity contribution in [2.75, 3.05) is 11.9 Å². The summed E-state index contributed by atoms with van der Waals surface area (Å²) in [4.78, 5) is 11.4. The monoisotopic (exact) mass is 258 g/mol. The maximum Gasteiger partial charge on any atom is 0.273 e. The Kier molecular flexibility index (Phi) is 2.58. The predicted molar refractivity (Wildman–Crippen MR) is 54.3 cm³/mol. The Balaban J connectivity index is 1.84. The number of hydrogen-bond acceptors (Lipinski definition) is 3. The molecular formula is C9H11BrN2O2. The third-order valence-corrected chi connectivity index (χ3v) is 3.72. The third kappa shape index (κ3) is 1.97. The van der Waals surface area contributed by atoms with Crippen LogP contribution >= 0.6 is 15.9 Å². The molecule has 0 spiro atoms. The Morgan fingerprint density at radius 1 is 1.71 bits per heavy atom. The molecule has 0 aliphatic heterocycles. The first kappa shape index (κ1) is 9.71. The average molecular weight is 259 g/mol. The molecule has 0 saturated heterocycles. The summed E-state index contributed by atoms with van der Waals surface area (Å²) in [5.74, 6) is -0.161. The van der Waals surface area contributed by atoms with Gasteiger partial charge in [0.1, 0.15) is 6.26 Å². The van der Waals surface area contributed by atoms with E-state index in [9.17, 15) is 4.79 Å². The Bertz CT molecular complexity index is 320. The van der Waals surface area contributed by atoms with Crippen LogP contribution in [0.15, 0.2) is 16.9 Å². The lowest BCUT2D eigenvalue weighted by atomic mass is 10.1. The molecule has 2 rings (SSSR count). The molecule has 1 aromatic rings. The summed E-state index contributed by atoms with van der Waals surface area (Å²) in [5.41, 5.74) is 0.634. The lowest BCUT2D eigenvalue weighted by Gasteiger charge is -2.11. The molecule has 0 aromatic carbocycles. The Morgan fingerprint density at radius 2 is 2.50 bits per heavy atom. The lowest BCUT2D eigenvalue weighted by molar-refractivity contribution is 0.0937. The van der Waals surface area contributed by atoms with E-state index in [1.54, 1.807) is 6.07 Å². The second-order valence-electron chi connectivity index (χ2n) is 3.70. The van der Waals surface area contributed by atoms with Gasteiger partial charge >= 0.3 is 0 Å². The smallest absolute Gasteiger partial charge is 0.273 e. The fourth-order valence-electron chi connectivity index (χ4n) is 1.22. The maximum atomic E-state index is 11.4. The fourth-order valence-corrected chi connectivity index (χ4v) is 1.98. The number of amides is 1. The zero-order valence-electron chi connectivity index (χ0n) is 7.62. The molecule has 0 unspecified atom stereocenters. The van der Waals surface area contributed by atoms with Crippen molar-refractivity contribution >= 4 is 21.8 Å². The van der Waals surface area contributed by atoms with Gasteiger partial charge in [-0.25, -0.2) is 0 Å². The predicted octanol–water partition coefficient (Wildman–Crippen LogP) is 1.58. The quantitative estimate of drug-likeness (QED) is 0.835. The van der Waals surface area contributed by atoms with Gasteiger partial charge in [0.15, 0.2) is 5.69 Å². The van der Waals surface area contributed by atoms with E-state index in [0.29, 0.717) is 17.7 Å². The summed E-state index contributed by atoms with van der Waals surface area (Å²) in [6.45, 7) is 0.712. The standard InChI is InChI=1S/C9H11BrN2O2/c10-5-9(2-3-9)6-11-8(13)7-1-4-14-12-7/h1,4H,2-3,5-6H2,(H,11,13). The van der Waals surface area contributed by atoms with Gasteiger partial charge in [0.25, 0.3) is 5.91 Å². The van der Waals surface area contributed by atoms with Crippen LogP contribution < -0.4 is 5.32 Å². The fraction of sp³-hybridized carbons (Fsp3) is 0.556. The van der Waals surface area contributed by atoms with Crippen LogP contribution in [0.25, 0.3) is 0 Å². The van der Waals surface area contributed by atoms with Crippen molar-refractivity contribution in [2.24, 2.45) is 5.41 Å². The van der Waals surface area contributed by atoms with Gasteiger partial charge in [-0.15, -0.1) is 0 Å². The molecule has 1 aliphatic carbocycles. The summed E-state index contributed by atoms with van der Waals surface area (Å²) in [6.07, 6.45) is 3.75. The minimum atomic E-state index is -0.161. The SMILES string of the molecule is O=C(NCC1(CBr)CC1)c1ccon1. The average Bonchev–Trinajstić information content (AvgIpc) is 2.78. The number of carbonyl (C=O) groups is 1. The van der Waals surface area contributed by atoms with E-state index in [-0.39, 0.29) is 5.91 Å². The summed E-state index contributed by atoms with van der Waals surface area (Å²) < 4.78 is 4.59. The topological polar surface area (TPSA) is 55.1 Å². The zero-order chi connectivity index (χ0) is 10.0. The van der Waals surface area contributed by atoms with Gasteiger partial charge in [-0.05, 0) is 18.3 Å². The van der Waals surface area contributed by atoms with Crippen molar-refractivity contribution in [1.82, 2.24) is 10.5 Å². The Hall–Kier alpha value is -0.840. The van der Waals surface area contributed by atoms with Gasteiger partial charge in [-0.3, -0.25) is 4.79 Å². The van der Waals surface area contributed by atoms with E-state index in [1.165, 1.54) is 19.1 Å². The molecule has 1 N–H and O–H groups in total. The number of nitrogens with zero attached hydrogens (tertiary/aromatic N) is 1. The molecule has 4 nitrogen and oxygen atoms in total. The molecule has 1 saturated carbocycles. The molecule has 1 aliphatic rings. The van der Waals surface area contributed by atoms with Crippen molar-refractivity contribution in [3.8, 4) is 0 Å². The van der Waals surface area contributed by atoms with Gasteiger partial charge in [0, 0.05) is 17.9 Å². The number of carbonyl (C=O) groups excluding carboxylic acids is 1. The van der Waals surface area contributed by atoms with E-state index >= 15 is 0 Å². The van der Waals surface area contributed by atoms with Crippen LogP contribution in [-0.2, 0) is 0 Å². The molecule has 1 heterocycles. The van der Waals surface area contributed by atoms with E-state index in [1.807, 2.05) is 0 Å². The summed E-state index contributed by atoms with van der Waals surface area (Å²) in [5, 5.41) is 7.36. The largest absolute Gasteiger partial charge is 0.364 e. The highest BCUT2D eigenvalue weighted by Gasteiger charge is 2.41. The van der Waals surface area contributed by atoms with E-state index in [0.717, 1.165) is 5.33 Å². The van der Waals surface area contributed by atoms with Crippen LogP contribution in [0.5, 0.6) is 0 Å². The lowest BCUT2D eigenvalue weighted by Crippen LogP contribution is -2.31. The van der Waals surface area contributed by atoms with Crippen LogP contribution in [0.4, 0.5) is 0 Å². The molecular weight excluding hydrogens is 248 g/mol. The van der Waals surface area contributed by atoms with Crippen molar-refractivity contribution in [3.05, 3.63) is 18.0 Å². The van der Waals surface area contributed by atoms with Gasteiger partial charge in [-0.2, -0.15) is 0 Å². The molecule has 1 aromatic heterocycles. The first-order valence-corrected chi connectivity index (χ1v) is 5.62. The molecule has 0 bridgehead atoms. The van der Waals surface area contributed by atoms with Crippen molar-refractivity contribution in [3.63, 3.8) is 0 Å². The molecule has 0 radical (unpaired) electrons. The van der Waals surface area contributed by atoms with Gasteiger partial charge in [0.2, 0.25) is 0 Å². The highest BCUT2D eigenvalue weighted by Crippen LogP contribution is 2.46. The minimum absolute atomic E-state index is 0.161. The zero-order valence-corrected chi connectivity index (χ0v) is 9.21. The maximum absolute atomic E-state index is 11.4. The normalized spacial score (nSPS) is 17.8. The van der Waals surface area contributed by atoms with E-state index < -0.39 is 0 Å². The highest BCUT2D eigenvalue weighted by molar-refractivity contribution is 9.09. The number of aromatic nitrogens is 1. The van der Waals surface area contributed by atoms with Crippen molar-refractivity contribution < 1.29 is 9.32 Å². The molecule has 1 fully saturated rings. The van der Waals surface area contributed by atoms with Crippen LogP contribution in [0.3, 0.4) is 0 Å². The van der Waals surface area contributed by atoms with E-state index in [4.69, 9.17) is 0 Å². The van der Waals surface area contributed by atoms with Gasteiger partial charge < -0.3 is 9.84 Å².